The van der Waals surface area contributed by atoms with Gasteiger partial charge in [-0.25, -0.2) is 0 Å². The van der Waals surface area contributed by atoms with Crippen LogP contribution < -0.4 is 20.1 Å². The monoisotopic (exact) mass is 448 g/mol. The smallest absolute Gasteiger partial charge is 0.255 e. The number of methoxy groups -OCH3 is 1. The Morgan fingerprint density at radius 3 is 2.15 bits per heavy atom. The zero-order valence-corrected chi connectivity index (χ0v) is 18.6. The molecule has 0 aliphatic carbocycles. The summed E-state index contributed by atoms with van der Waals surface area (Å²) in [6.45, 7) is 1.84. The molecule has 172 valence electrons. The fourth-order valence-corrected chi connectivity index (χ4v) is 3.02. The Morgan fingerprint density at radius 2 is 1.39 bits per heavy atom. The Balaban J connectivity index is 1.51. The lowest BCUT2D eigenvalue weighted by molar-refractivity contribution is 0.0947. The number of rotatable bonds is 12. The third kappa shape index (κ3) is 7.97. The zero-order chi connectivity index (χ0) is 23.3. The molecule has 0 bridgehead atoms. The molecule has 7 heteroatoms. The number of carbonyl (C=O) groups excluding carboxylic acids is 2. The van der Waals surface area contributed by atoms with Crippen molar-refractivity contribution >= 4 is 17.5 Å². The van der Waals surface area contributed by atoms with Gasteiger partial charge in [0.05, 0.1) is 0 Å². The molecule has 0 spiro atoms. The highest BCUT2D eigenvalue weighted by Gasteiger charge is 2.10. The summed E-state index contributed by atoms with van der Waals surface area (Å²) in [6, 6.07) is 23.2. The topological polar surface area (TPSA) is 85.9 Å². The van der Waals surface area contributed by atoms with Crippen LogP contribution in [0.4, 0.5) is 5.69 Å². The van der Waals surface area contributed by atoms with Crippen LogP contribution in [0.5, 0.6) is 11.5 Å². The largest absolute Gasteiger partial charge is 0.490 e. The normalized spacial score (nSPS) is 10.3. The van der Waals surface area contributed by atoms with Crippen molar-refractivity contribution in [1.82, 2.24) is 5.32 Å². The van der Waals surface area contributed by atoms with E-state index < -0.39 is 0 Å². The fraction of sp³-hybridized carbons (Fsp3) is 0.231. The molecule has 3 aromatic rings. The molecule has 0 radical (unpaired) electrons. The van der Waals surface area contributed by atoms with E-state index in [4.69, 9.17) is 14.2 Å². The second-order valence-corrected chi connectivity index (χ2v) is 7.17. The molecule has 0 saturated heterocycles. The third-order valence-corrected chi connectivity index (χ3v) is 4.65. The summed E-state index contributed by atoms with van der Waals surface area (Å²) in [5, 5.41) is 5.66. The van der Waals surface area contributed by atoms with Crippen LogP contribution in [-0.4, -0.2) is 45.3 Å². The van der Waals surface area contributed by atoms with Crippen molar-refractivity contribution in [3.63, 3.8) is 0 Å². The molecular formula is C26H28N2O5. The van der Waals surface area contributed by atoms with Gasteiger partial charge in [0.15, 0.2) is 0 Å². The molecule has 0 aliphatic rings. The maximum absolute atomic E-state index is 12.7. The molecule has 2 N–H and O–H groups in total. The predicted octanol–water partition coefficient (Wildman–Crippen LogP) is 4.16. The zero-order valence-electron chi connectivity index (χ0n) is 18.6. The summed E-state index contributed by atoms with van der Waals surface area (Å²) >= 11 is 0. The lowest BCUT2D eigenvalue weighted by atomic mass is 10.1. The summed E-state index contributed by atoms with van der Waals surface area (Å²) in [5.74, 6) is 0.859. The first-order valence-corrected chi connectivity index (χ1v) is 10.7. The van der Waals surface area contributed by atoms with Crippen LogP contribution in [0.2, 0.25) is 0 Å². The number of anilines is 1. The molecule has 2 amide bonds. The Bertz CT molecular complexity index is 1040. The molecule has 3 rings (SSSR count). The van der Waals surface area contributed by atoms with Crippen LogP contribution >= 0.6 is 0 Å². The van der Waals surface area contributed by atoms with Crippen molar-refractivity contribution in [3.05, 3.63) is 90.0 Å². The lowest BCUT2D eigenvalue weighted by Crippen LogP contribution is -2.25. The van der Waals surface area contributed by atoms with Crippen molar-refractivity contribution < 1.29 is 23.8 Å². The van der Waals surface area contributed by atoms with Gasteiger partial charge in [-0.3, -0.25) is 9.59 Å². The highest BCUT2D eigenvalue weighted by molar-refractivity contribution is 6.05. The molecule has 0 saturated carbocycles. The van der Waals surface area contributed by atoms with Gasteiger partial charge in [0.25, 0.3) is 11.8 Å². The van der Waals surface area contributed by atoms with E-state index in [0.717, 1.165) is 12.2 Å². The average Bonchev–Trinajstić information content (AvgIpc) is 2.85. The van der Waals surface area contributed by atoms with E-state index >= 15 is 0 Å². The average molecular weight is 449 g/mol. The van der Waals surface area contributed by atoms with Crippen LogP contribution in [0.25, 0.3) is 0 Å². The van der Waals surface area contributed by atoms with Gasteiger partial charge < -0.3 is 24.8 Å². The van der Waals surface area contributed by atoms with Gasteiger partial charge in [-0.15, -0.1) is 0 Å². The second-order valence-electron chi connectivity index (χ2n) is 7.17. The minimum absolute atomic E-state index is 0.199. The van der Waals surface area contributed by atoms with Crippen LogP contribution in [0.15, 0.2) is 78.9 Å². The number of hydrogen-bond acceptors (Lipinski definition) is 5. The fourth-order valence-electron chi connectivity index (χ4n) is 3.02. The van der Waals surface area contributed by atoms with Crippen molar-refractivity contribution in [1.29, 1.82) is 0 Å². The van der Waals surface area contributed by atoms with Crippen LogP contribution in [0.1, 0.15) is 27.1 Å². The number of para-hydroxylation sites is 1. The highest BCUT2D eigenvalue weighted by Crippen LogP contribution is 2.17. The maximum atomic E-state index is 12.7. The van der Waals surface area contributed by atoms with Gasteiger partial charge in [0.1, 0.15) is 24.7 Å². The van der Waals surface area contributed by atoms with E-state index in [0.29, 0.717) is 48.9 Å². The number of benzene rings is 3. The first-order chi connectivity index (χ1) is 16.2. The van der Waals surface area contributed by atoms with E-state index in [1.165, 1.54) is 0 Å². The standard InChI is InChI=1S/C26H28N2O5/c1-31-15-7-14-27-25(29)20-8-5-10-22(18-20)28-26(30)21-9-6-13-24(19-21)33-17-16-32-23-11-3-2-4-12-23/h2-6,8-13,18-19H,7,14-17H2,1H3,(H,27,29)(H,28,30). The molecule has 0 fully saturated rings. The number of carbonyl (C=O) groups is 2. The third-order valence-electron chi connectivity index (χ3n) is 4.65. The second kappa shape index (κ2) is 12.9. The molecule has 0 heterocycles. The number of amides is 2. The summed E-state index contributed by atoms with van der Waals surface area (Å²) in [7, 11) is 1.62. The van der Waals surface area contributed by atoms with Gasteiger partial charge in [-0.1, -0.05) is 30.3 Å². The Labute approximate surface area is 193 Å². The van der Waals surface area contributed by atoms with Crippen LogP contribution in [0, 0.1) is 0 Å². The first kappa shape index (κ1) is 23.8. The van der Waals surface area contributed by atoms with E-state index in [1.807, 2.05) is 30.3 Å². The quantitative estimate of drug-likeness (QED) is 0.406. The molecule has 0 aromatic heterocycles. The van der Waals surface area contributed by atoms with Crippen molar-refractivity contribution in [2.75, 3.05) is 38.8 Å². The number of nitrogens with one attached hydrogen (secondary N) is 2. The van der Waals surface area contributed by atoms with Gasteiger partial charge in [0.2, 0.25) is 0 Å². The van der Waals surface area contributed by atoms with Crippen LogP contribution in [-0.2, 0) is 4.74 Å². The molecular weight excluding hydrogens is 420 g/mol. The van der Waals surface area contributed by atoms with Crippen molar-refractivity contribution in [2.45, 2.75) is 6.42 Å². The van der Waals surface area contributed by atoms with E-state index in [-0.39, 0.29) is 11.8 Å². The SMILES string of the molecule is COCCCNC(=O)c1cccc(NC(=O)c2cccc(OCCOc3ccccc3)c2)c1. The summed E-state index contributed by atoms with van der Waals surface area (Å²) < 4.78 is 16.3. The van der Waals surface area contributed by atoms with Crippen molar-refractivity contribution in [3.8, 4) is 11.5 Å². The maximum Gasteiger partial charge on any atom is 0.255 e. The Hall–Kier alpha value is -3.84. The molecule has 3 aromatic carbocycles. The van der Waals surface area contributed by atoms with Gasteiger partial charge >= 0.3 is 0 Å². The van der Waals surface area contributed by atoms with Gasteiger partial charge in [-0.2, -0.15) is 0 Å². The molecule has 0 aliphatic heterocycles. The summed E-state index contributed by atoms with van der Waals surface area (Å²) in [6.07, 6.45) is 0.732. The molecule has 0 unspecified atom stereocenters. The molecule has 7 nitrogen and oxygen atoms in total. The van der Waals surface area contributed by atoms with Crippen LogP contribution in [0.3, 0.4) is 0 Å². The summed E-state index contributed by atoms with van der Waals surface area (Å²) in [5.41, 5.74) is 1.46. The first-order valence-electron chi connectivity index (χ1n) is 10.7. The van der Waals surface area contributed by atoms with E-state index in [2.05, 4.69) is 10.6 Å². The Kier molecular flexibility index (Phi) is 9.29. The van der Waals surface area contributed by atoms with Crippen molar-refractivity contribution in [2.24, 2.45) is 0 Å². The van der Waals surface area contributed by atoms with E-state index in [9.17, 15) is 9.59 Å². The van der Waals surface area contributed by atoms with E-state index in [1.54, 1.807) is 55.6 Å². The number of ether oxygens (including phenoxy) is 3. The lowest BCUT2D eigenvalue weighted by Gasteiger charge is -2.11. The predicted molar refractivity (Wildman–Crippen MR) is 127 cm³/mol. The minimum Gasteiger partial charge on any atom is -0.490 e. The molecule has 33 heavy (non-hydrogen) atoms. The Morgan fingerprint density at radius 1 is 0.727 bits per heavy atom. The van der Waals surface area contributed by atoms with Gasteiger partial charge in [-0.05, 0) is 55.0 Å². The number of hydrogen-bond donors (Lipinski definition) is 2. The minimum atomic E-state index is -0.293. The molecule has 0 atom stereocenters. The van der Waals surface area contributed by atoms with Gasteiger partial charge in [0, 0.05) is 37.1 Å². The summed E-state index contributed by atoms with van der Waals surface area (Å²) in [4.78, 5) is 25.0. The highest BCUT2D eigenvalue weighted by atomic mass is 16.5.